The zero-order chi connectivity index (χ0) is 11.5. The highest BCUT2D eigenvalue weighted by atomic mass is 19.1. The highest BCUT2D eigenvalue weighted by molar-refractivity contribution is 6.33. The molecule has 78 valence electrons. The van der Waals surface area contributed by atoms with E-state index in [0.717, 1.165) is 5.56 Å². The molecule has 0 saturated carbocycles. The molecule has 0 spiro atoms. The average Bonchev–Trinajstić information content (AvgIpc) is 2.24. The van der Waals surface area contributed by atoms with E-state index in [1.54, 1.807) is 24.3 Å². The molecule has 0 N–H and O–H groups in total. The summed E-state index contributed by atoms with van der Waals surface area (Å²) in [6.07, 6.45) is 0. The van der Waals surface area contributed by atoms with Crippen LogP contribution in [-0.4, -0.2) is 7.85 Å². The van der Waals surface area contributed by atoms with Crippen molar-refractivity contribution in [3.05, 3.63) is 53.8 Å². The lowest BCUT2D eigenvalue weighted by molar-refractivity contribution is 0.476. The molecule has 0 aromatic heterocycles. The quantitative estimate of drug-likeness (QED) is 0.695. The van der Waals surface area contributed by atoms with Crippen LogP contribution in [0.2, 0.25) is 0 Å². The molecule has 2 aromatic carbocycles. The fraction of sp³-hybridized carbons (Fsp3) is 0.0769. The van der Waals surface area contributed by atoms with Gasteiger partial charge >= 0.3 is 0 Å². The van der Waals surface area contributed by atoms with Gasteiger partial charge in [0.25, 0.3) is 0 Å². The highest BCUT2D eigenvalue weighted by Gasteiger charge is 2.00. The molecule has 2 rings (SSSR count). The lowest BCUT2D eigenvalue weighted by Gasteiger charge is -2.07. The smallest absolute Gasteiger partial charge is 0.130 e. The Bertz CT molecular complexity index is 511. The van der Waals surface area contributed by atoms with E-state index in [4.69, 9.17) is 12.6 Å². The second kappa shape index (κ2) is 4.39. The van der Waals surface area contributed by atoms with Gasteiger partial charge in [-0.1, -0.05) is 23.2 Å². The first-order chi connectivity index (χ1) is 7.65. The van der Waals surface area contributed by atoms with Crippen molar-refractivity contribution >= 4 is 13.3 Å². The van der Waals surface area contributed by atoms with Crippen molar-refractivity contribution in [2.75, 3.05) is 0 Å². The van der Waals surface area contributed by atoms with E-state index in [9.17, 15) is 4.39 Å². The minimum Gasteiger partial charge on any atom is -0.457 e. The van der Waals surface area contributed by atoms with Gasteiger partial charge in [-0.2, -0.15) is 0 Å². The maximum atomic E-state index is 12.9. The van der Waals surface area contributed by atoms with Crippen molar-refractivity contribution in [1.29, 1.82) is 0 Å². The van der Waals surface area contributed by atoms with Crippen molar-refractivity contribution in [1.82, 2.24) is 0 Å². The van der Waals surface area contributed by atoms with Crippen LogP contribution in [-0.2, 0) is 0 Å². The number of halogens is 1. The molecule has 0 fully saturated rings. The van der Waals surface area contributed by atoms with Crippen LogP contribution in [0.5, 0.6) is 11.5 Å². The molecule has 0 aliphatic rings. The van der Waals surface area contributed by atoms with Gasteiger partial charge in [-0.15, -0.1) is 0 Å². The van der Waals surface area contributed by atoms with Crippen molar-refractivity contribution in [2.45, 2.75) is 6.92 Å². The Balaban J connectivity index is 2.24. The number of aryl methyl sites for hydroxylation is 1. The number of hydrogen-bond acceptors (Lipinski definition) is 1. The van der Waals surface area contributed by atoms with Gasteiger partial charge in [-0.05, 0) is 31.2 Å². The molecular formula is C13H10BFO. The Labute approximate surface area is 95.3 Å². The monoisotopic (exact) mass is 212 g/mol. The average molecular weight is 212 g/mol. The van der Waals surface area contributed by atoms with Crippen molar-refractivity contribution in [2.24, 2.45) is 0 Å². The third-order valence-electron chi connectivity index (χ3n) is 2.27. The third kappa shape index (κ3) is 2.43. The van der Waals surface area contributed by atoms with Crippen LogP contribution in [0.1, 0.15) is 5.56 Å². The minimum absolute atomic E-state index is 0.315. The summed E-state index contributed by atoms with van der Waals surface area (Å²) >= 11 is 0. The summed E-state index contributed by atoms with van der Waals surface area (Å²) in [7, 11) is 5.69. The van der Waals surface area contributed by atoms with Gasteiger partial charge in [0.1, 0.15) is 25.2 Å². The second-order valence-electron chi connectivity index (χ2n) is 3.58. The maximum Gasteiger partial charge on any atom is 0.130 e. The second-order valence-corrected chi connectivity index (χ2v) is 3.58. The molecular weight excluding hydrogens is 202 g/mol. The standard InChI is InChI=1S/C13H10BFO/c1-9-7-12(5-6-13(9)14)16-11-4-2-3-10(15)8-11/h2-8H,1H3. The largest absolute Gasteiger partial charge is 0.457 e. The van der Waals surface area contributed by atoms with Crippen LogP contribution >= 0.6 is 0 Å². The van der Waals surface area contributed by atoms with Gasteiger partial charge in [0.2, 0.25) is 0 Å². The summed E-state index contributed by atoms with van der Waals surface area (Å²) in [5, 5.41) is 0. The van der Waals surface area contributed by atoms with Crippen molar-refractivity contribution in [3.63, 3.8) is 0 Å². The Kier molecular flexibility index (Phi) is 2.95. The first-order valence-electron chi connectivity index (χ1n) is 4.95. The molecule has 0 atom stereocenters. The van der Waals surface area contributed by atoms with Crippen LogP contribution in [0.25, 0.3) is 0 Å². The predicted octanol–water partition coefficient (Wildman–Crippen LogP) is 2.72. The fourth-order valence-corrected chi connectivity index (χ4v) is 1.38. The van der Waals surface area contributed by atoms with Crippen LogP contribution in [0, 0.1) is 12.7 Å². The molecule has 0 saturated heterocycles. The Morgan fingerprint density at radius 2 is 1.81 bits per heavy atom. The molecule has 1 nitrogen and oxygen atoms in total. The topological polar surface area (TPSA) is 9.23 Å². The Morgan fingerprint density at radius 1 is 1.06 bits per heavy atom. The van der Waals surface area contributed by atoms with Crippen molar-refractivity contribution in [3.8, 4) is 11.5 Å². The van der Waals surface area contributed by atoms with E-state index in [-0.39, 0.29) is 5.82 Å². The summed E-state index contributed by atoms with van der Waals surface area (Å²) in [5.74, 6) is 0.811. The van der Waals surface area contributed by atoms with Gasteiger partial charge in [0, 0.05) is 6.07 Å². The van der Waals surface area contributed by atoms with E-state index in [1.807, 2.05) is 13.0 Å². The van der Waals surface area contributed by atoms with Gasteiger partial charge in [0.05, 0.1) is 0 Å². The Morgan fingerprint density at radius 3 is 2.50 bits per heavy atom. The first-order valence-corrected chi connectivity index (χ1v) is 4.95. The van der Waals surface area contributed by atoms with Gasteiger partial charge in [-0.25, -0.2) is 4.39 Å². The number of hydrogen-bond donors (Lipinski definition) is 0. The summed E-state index contributed by atoms with van der Waals surface area (Å²) in [4.78, 5) is 0. The minimum atomic E-state index is -0.315. The van der Waals surface area contributed by atoms with E-state index in [0.29, 0.717) is 17.0 Å². The van der Waals surface area contributed by atoms with Gasteiger partial charge < -0.3 is 4.74 Å². The molecule has 0 unspecified atom stereocenters. The van der Waals surface area contributed by atoms with E-state index < -0.39 is 0 Å². The van der Waals surface area contributed by atoms with Crippen molar-refractivity contribution < 1.29 is 9.13 Å². The number of ether oxygens (including phenoxy) is 1. The lowest BCUT2D eigenvalue weighted by Crippen LogP contribution is -2.05. The number of rotatable bonds is 2. The van der Waals surface area contributed by atoms with Gasteiger partial charge in [0.15, 0.2) is 0 Å². The fourth-order valence-electron chi connectivity index (χ4n) is 1.38. The summed E-state index contributed by atoms with van der Waals surface area (Å²) < 4.78 is 18.4. The third-order valence-corrected chi connectivity index (χ3v) is 2.27. The zero-order valence-electron chi connectivity index (χ0n) is 8.91. The summed E-state index contributed by atoms with van der Waals surface area (Å²) in [5.41, 5.74) is 1.65. The zero-order valence-corrected chi connectivity index (χ0v) is 8.91. The predicted molar refractivity (Wildman–Crippen MR) is 63.0 cm³/mol. The normalized spacial score (nSPS) is 10.1. The van der Waals surface area contributed by atoms with Crippen LogP contribution in [0.3, 0.4) is 0 Å². The molecule has 0 aliphatic heterocycles. The van der Waals surface area contributed by atoms with Crippen LogP contribution < -0.4 is 10.2 Å². The van der Waals surface area contributed by atoms with Crippen LogP contribution in [0.15, 0.2) is 42.5 Å². The summed E-state index contributed by atoms with van der Waals surface area (Å²) in [6, 6.07) is 11.4. The van der Waals surface area contributed by atoms with Gasteiger partial charge in [-0.3, -0.25) is 0 Å². The highest BCUT2D eigenvalue weighted by Crippen LogP contribution is 2.21. The first kappa shape index (κ1) is 10.7. The van der Waals surface area contributed by atoms with E-state index in [2.05, 4.69) is 0 Å². The SMILES string of the molecule is [B]c1ccc(Oc2cccc(F)c2)cc1C. The molecule has 2 aromatic rings. The molecule has 2 radical (unpaired) electrons. The lowest BCUT2D eigenvalue weighted by atomic mass is 9.91. The molecule has 3 heteroatoms. The molecule has 0 heterocycles. The molecule has 0 amide bonds. The van der Waals surface area contributed by atoms with E-state index >= 15 is 0 Å². The Hall–Kier alpha value is -1.77. The van der Waals surface area contributed by atoms with Crippen LogP contribution in [0.4, 0.5) is 4.39 Å². The molecule has 0 aliphatic carbocycles. The molecule has 0 bridgehead atoms. The molecule has 16 heavy (non-hydrogen) atoms. The van der Waals surface area contributed by atoms with E-state index in [1.165, 1.54) is 12.1 Å². The number of benzene rings is 2. The maximum absolute atomic E-state index is 12.9. The summed E-state index contributed by atoms with van der Waals surface area (Å²) in [6.45, 7) is 1.90.